The Morgan fingerprint density at radius 3 is 2.69 bits per heavy atom. The molecular weight excluding hydrogens is 202 g/mol. The molecule has 82 valence electrons. The third-order valence-electron chi connectivity index (χ3n) is 2.43. The average molecular weight is 215 g/mol. The third kappa shape index (κ3) is 2.04. The second-order valence-corrected chi connectivity index (χ2v) is 3.43. The van der Waals surface area contributed by atoms with Crippen molar-refractivity contribution in [3.05, 3.63) is 59.9 Å². The van der Waals surface area contributed by atoms with Crippen molar-refractivity contribution in [2.75, 3.05) is 7.11 Å². The molecule has 1 aromatic heterocycles. The maximum atomic E-state index is 10.2. The minimum atomic E-state index is -0.704. The fourth-order valence-electron chi connectivity index (χ4n) is 1.61. The maximum Gasteiger partial charge on any atom is 0.125 e. The van der Waals surface area contributed by atoms with Crippen LogP contribution in [0, 0.1) is 0 Å². The molecule has 1 aromatic carbocycles. The number of aliphatic hydroxyl groups is 1. The Morgan fingerprint density at radius 2 is 2.00 bits per heavy atom. The van der Waals surface area contributed by atoms with Gasteiger partial charge in [-0.3, -0.25) is 4.98 Å². The first-order valence-electron chi connectivity index (χ1n) is 5.04. The fourth-order valence-corrected chi connectivity index (χ4v) is 1.61. The minimum Gasteiger partial charge on any atom is -0.496 e. The van der Waals surface area contributed by atoms with Gasteiger partial charge in [-0.2, -0.15) is 0 Å². The highest BCUT2D eigenvalue weighted by Crippen LogP contribution is 2.28. The van der Waals surface area contributed by atoms with Crippen LogP contribution in [0.25, 0.3) is 0 Å². The number of hydrogen-bond donors (Lipinski definition) is 1. The van der Waals surface area contributed by atoms with Gasteiger partial charge in [-0.25, -0.2) is 0 Å². The molecule has 0 aliphatic carbocycles. The van der Waals surface area contributed by atoms with Crippen molar-refractivity contribution in [3.63, 3.8) is 0 Å². The number of aliphatic hydroxyl groups excluding tert-OH is 1. The number of para-hydroxylation sites is 1. The molecule has 1 atom stereocenters. The van der Waals surface area contributed by atoms with Crippen LogP contribution in [-0.4, -0.2) is 17.2 Å². The van der Waals surface area contributed by atoms with Crippen molar-refractivity contribution in [1.29, 1.82) is 0 Å². The van der Waals surface area contributed by atoms with E-state index in [-0.39, 0.29) is 0 Å². The van der Waals surface area contributed by atoms with Crippen LogP contribution in [0.15, 0.2) is 48.8 Å². The lowest BCUT2D eigenvalue weighted by Gasteiger charge is -2.14. The smallest absolute Gasteiger partial charge is 0.125 e. The molecule has 0 bridgehead atoms. The van der Waals surface area contributed by atoms with Crippen molar-refractivity contribution in [2.24, 2.45) is 0 Å². The maximum absolute atomic E-state index is 10.2. The summed E-state index contributed by atoms with van der Waals surface area (Å²) in [6.45, 7) is 0. The number of nitrogens with zero attached hydrogens (tertiary/aromatic N) is 1. The first-order valence-corrected chi connectivity index (χ1v) is 5.04. The molecule has 0 aliphatic rings. The topological polar surface area (TPSA) is 42.4 Å². The van der Waals surface area contributed by atoms with Gasteiger partial charge in [0.2, 0.25) is 0 Å². The van der Waals surface area contributed by atoms with E-state index in [4.69, 9.17) is 4.74 Å². The number of rotatable bonds is 3. The zero-order chi connectivity index (χ0) is 11.4. The molecule has 1 heterocycles. The quantitative estimate of drug-likeness (QED) is 0.853. The summed E-state index contributed by atoms with van der Waals surface area (Å²) in [5, 5.41) is 10.2. The third-order valence-corrected chi connectivity index (χ3v) is 2.43. The summed E-state index contributed by atoms with van der Waals surface area (Å²) in [4.78, 5) is 3.99. The molecule has 3 heteroatoms. The number of benzene rings is 1. The van der Waals surface area contributed by atoms with E-state index in [0.29, 0.717) is 5.75 Å². The number of aromatic nitrogens is 1. The molecule has 0 saturated carbocycles. The molecule has 0 aliphatic heterocycles. The van der Waals surface area contributed by atoms with E-state index in [1.54, 1.807) is 25.6 Å². The number of pyridine rings is 1. The van der Waals surface area contributed by atoms with Gasteiger partial charge in [0.1, 0.15) is 11.9 Å². The van der Waals surface area contributed by atoms with E-state index in [9.17, 15) is 5.11 Å². The van der Waals surface area contributed by atoms with Crippen molar-refractivity contribution in [1.82, 2.24) is 4.98 Å². The molecule has 0 saturated heterocycles. The Kier molecular flexibility index (Phi) is 3.17. The van der Waals surface area contributed by atoms with E-state index >= 15 is 0 Å². The molecular formula is C13H13NO2. The lowest BCUT2D eigenvalue weighted by atomic mass is 10.0. The molecule has 1 N–H and O–H groups in total. The minimum absolute atomic E-state index is 0.679. The van der Waals surface area contributed by atoms with Gasteiger partial charge in [0.25, 0.3) is 0 Å². The Balaban J connectivity index is 2.37. The zero-order valence-electron chi connectivity index (χ0n) is 9.00. The molecule has 16 heavy (non-hydrogen) atoms. The van der Waals surface area contributed by atoms with Gasteiger partial charge in [0.15, 0.2) is 0 Å². The van der Waals surface area contributed by atoms with Gasteiger partial charge in [-0.15, -0.1) is 0 Å². The average Bonchev–Trinajstić information content (AvgIpc) is 2.39. The van der Waals surface area contributed by atoms with Crippen LogP contribution < -0.4 is 4.74 Å². The van der Waals surface area contributed by atoms with Crippen molar-refractivity contribution in [3.8, 4) is 5.75 Å². The molecule has 3 nitrogen and oxygen atoms in total. The summed E-state index contributed by atoms with van der Waals surface area (Å²) in [7, 11) is 1.59. The van der Waals surface area contributed by atoms with Gasteiger partial charge in [0, 0.05) is 23.5 Å². The van der Waals surface area contributed by atoms with E-state index in [2.05, 4.69) is 4.98 Å². The van der Waals surface area contributed by atoms with E-state index in [1.165, 1.54) is 0 Å². The number of methoxy groups -OCH3 is 1. The Hall–Kier alpha value is -1.87. The monoisotopic (exact) mass is 215 g/mol. The van der Waals surface area contributed by atoms with Gasteiger partial charge in [-0.1, -0.05) is 24.3 Å². The standard InChI is InChI=1S/C13H13NO2/c1-16-12-7-3-2-6-11(12)13(15)10-5-4-8-14-9-10/h2-9,13,15H,1H3. The summed E-state index contributed by atoms with van der Waals surface area (Å²) in [6.07, 6.45) is 2.63. The van der Waals surface area contributed by atoms with Gasteiger partial charge < -0.3 is 9.84 Å². The Bertz CT molecular complexity index is 456. The van der Waals surface area contributed by atoms with Crippen LogP contribution in [0.4, 0.5) is 0 Å². The van der Waals surface area contributed by atoms with Crippen LogP contribution in [-0.2, 0) is 0 Å². The van der Waals surface area contributed by atoms with E-state index in [1.807, 2.05) is 30.3 Å². The summed E-state index contributed by atoms with van der Waals surface area (Å²) in [5.74, 6) is 0.679. The molecule has 2 aromatic rings. The largest absolute Gasteiger partial charge is 0.496 e. The Morgan fingerprint density at radius 1 is 1.19 bits per heavy atom. The Labute approximate surface area is 94.3 Å². The van der Waals surface area contributed by atoms with Crippen LogP contribution in [0.2, 0.25) is 0 Å². The van der Waals surface area contributed by atoms with Crippen molar-refractivity contribution >= 4 is 0 Å². The lowest BCUT2D eigenvalue weighted by molar-refractivity contribution is 0.214. The summed E-state index contributed by atoms with van der Waals surface area (Å²) in [5.41, 5.74) is 1.50. The van der Waals surface area contributed by atoms with Gasteiger partial charge in [0.05, 0.1) is 7.11 Å². The molecule has 0 spiro atoms. The first-order chi connectivity index (χ1) is 7.83. The molecule has 2 rings (SSSR count). The number of hydrogen-bond acceptors (Lipinski definition) is 3. The predicted octanol–water partition coefficient (Wildman–Crippen LogP) is 2.17. The van der Waals surface area contributed by atoms with Crippen LogP contribution in [0.3, 0.4) is 0 Å². The summed E-state index contributed by atoms with van der Waals surface area (Å²) in [6, 6.07) is 11.1. The molecule has 0 fully saturated rings. The molecule has 0 radical (unpaired) electrons. The number of ether oxygens (including phenoxy) is 1. The normalized spacial score (nSPS) is 12.1. The highest BCUT2D eigenvalue weighted by molar-refractivity contribution is 5.39. The van der Waals surface area contributed by atoms with Crippen molar-refractivity contribution in [2.45, 2.75) is 6.10 Å². The van der Waals surface area contributed by atoms with E-state index in [0.717, 1.165) is 11.1 Å². The van der Waals surface area contributed by atoms with Crippen LogP contribution in [0.5, 0.6) is 5.75 Å². The van der Waals surface area contributed by atoms with Gasteiger partial charge >= 0.3 is 0 Å². The van der Waals surface area contributed by atoms with Crippen LogP contribution in [0.1, 0.15) is 17.2 Å². The summed E-state index contributed by atoms with van der Waals surface area (Å²) < 4.78 is 5.21. The van der Waals surface area contributed by atoms with Crippen molar-refractivity contribution < 1.29 is 9.84 Å². The highest BCUT2D eigenvalue weighted by atomic mass is 16.5. The van der Waals surface area contributed by atoms with E-state index < -0.39 is 6.10 Å². The second-order valence-electron chi connectivity index (χ2n) is 3.43. The summed E-state index contributed by atoms with van der Waals surface area (Å²) >= 11 is 0. The second kappa shape index (κ2) is 4.77. The van der Waals surface area contributed by atoms with Crippen LogP contribution >= 0.6 is 0 Å². The lowest BCUT2D eigenvalue weighted by Crippen LogP contribution is -2.02. The SMILES string of the molecule is COc1ccccc1C(O)c1cccnc1. The highest BCUT2D eigenvalue weighted by Gasteiger charge is 2.14. The fraction of sp³-hybridized carbons (Fsp3) is 0.154. The predicted molar refractivity (Wildman–Crippen MR) is 61.3 cm³/mol. The van der Waals surface area contributed by atoms with Gasteiger partial charge in [-0.05, 0) is 12.1 Å². The molecule has 1 unspecified atom stereocenters. The molecule has 0 amide bonds. The first kappa shape index (κ1) is 10.6. The zero-order valence-corrected chi connectivity index (χ0v) is 9.00.